The molecule has 2 aliphatic rings. The summed E-state index contributed by atoms with van der Waals surface area (Å²) in [6.07, 6.45) is 9.70. The molecule has 2 fully saturated rings. The maximum Gasteiger partial charge on any atom is 0.144 e. The molecule has 2 saturated heterocycles. The van der Waals surface area contributed by atoms with E-state index in [1.165, 1.54) is 6.08 Å². The number of aryl methyl sites for hydroxylation is 1. The number of nitrogens with zero attached hydrogens (tertiary/aromatic N) is 5. The van der Waals surface area contributed by atoms with Crippen LogP contribution in [0.25, 0.3) is 10.9 Å². The van der Waals surface area contributed by atoms with Gasteiger partial charge in [0.25, 0.3) is 0 Å². The summed E-state index contributed by atoms with van der Waals surface area (Å²) >= 11 is 0. The summed E-state index contributed by atoms with van der Waals surface area (Å²) < 4.78 is 11.7. The van der Waals surface area contributed by atoms with Crippen LogP contribution in [0.2, 0.25) is 0 Å². The van der Waals surface area contributed by atoms with Gasteiger partial charge >= 0.3 is 0 Å². The Morgan fingerprint density at radius 1 is 1.14 bits per heavy atom. The molecule has 3 aromatic rings. The second-order valence-electron chi connectivity index (χ2n) is 8.84. The van der Waals surface area contributed by atoms with E-state index in [1.54, 1.807) is 12.5 Å². The van der Waals surface area contributed by atoms with Crippen molar-refractivity contribution in [1.82, 2.24) is 19.9 Å². The molecule has 4 heterocycles. The van der Waals surface area contributed by atoms with Crippen molar-refractivity contribution in [2.45, 2.75) is 25.9 Å². The second-order valence-corrected chi connectivity index (χ2v) is 8.84. The van der Waals surface area contributed by atoms with Crippen LogP contribution >= 0.6 is 0 Å². The SMILES string of the molecule is Cc1cc(Nc2ncnc3cnc(N4CCN(C=CC=O)CC4)cc23)ccc1O[C@@H]1CCCOC1. The molecule has 0 radical (unpaired) electrons. The van der Waals surface area contributed by atoms with Crippen LogP contribution in [0.5, 0.6) is 5.75 Å². The minimum absolute atomic E-state index is 0.112. The molecule has 0 spiro atoms. The molecule has 5 rings (SSSR count). The monoisotopic (exact) mass is 474 g/mol. The lowest BCUT2D eigenvalue weighted by Crippen LogP contribution is -2.44. The summed E-state index contributed by atoms with van der Waals surface area (Å²) in [4.78, 5) is 28.5. The van der Waals surface area contributed by atoms with Crippen LogP contribution in [0.4, 0.5) is 17.3 Å². The number of ether oxygens (including phenoxy) is 2. The largest absolute Gasteiger partial charge is 0.488 e. The average Bonchev–Trinajstić information content (AvgIpc) is 2.90. The minimum Gasteiger partial charge on any atom is -0.488 e. The van der Waals surface area contributed by atoms with Crippen molar-refractivity contribution >= 4 is 34.5 Å². The number of benzene rings is 1. The number of fused-ring (bicyclic) bond motifs is 1. The van der Waals surface area contributed by atoms with E-state index in [1.807, 2.05) is 31.3 Å². The fourth-order valence-electron chi connectivity index (χ4n) is 4.46. The van der Waals surface area contributed by atoms with E-state index in [-0.39, 0.29) is 6.10 Å². The van der Waals surface area contributed by atoms with Crippen molar-refractivity contribution in [2.24, 2.45) is 0 Å². The summed E-state index contributed by atoms with van der Waals surface area (Å²) in [7, 11) is 0. The normalized spacial score (nSPS) is 18.7. The highest BCUT2D eigenvalue weighted by Gasteiger charge is 2.18. The third-order valence-electron chi connectivity index (χ3n) is 6.37. The van der Waals surface area contributed by atoms with Gasteiger partial charge in [0.1, 0.15) is 36.1 Å². The molecule has 0 amide bonds. The smallest absolute Gasteiger partial charge is 0.144 e. The highest BCUT2D eigenvalue weighted by molar-refractivity contribution is 5.91. The van der Waals surface area contributed by atoms with E-state index in [9.17, 15) is 4.79 Å². The van der Waals surface area contributed by atoms with E-state index in [2.05, 4.69) is 36.1 Å². The Bertz CT molecular complexity index is 1200. The molecule has 0 unspecified atom stereocenters. The zero-order valence-electron chi connectivity index (χ0n) is 19.9. The predicted octanol–water partition coefficient (Wildman–Crippen LogP) is 3.47. The molecule has 9 heteroatoms. The van der Waals surface area contributed by atoms with E-state index >= 15 is 0 Å². The van der Waals surface area contributed by atoms with Gasteiger partial charge in [-0.15, -0.1) is 0 Å². The number of aromatic nitrogens is 3. The molecule has 0 saturated carbocycles. The summed E-state index contributed by atoms with van der Waals surface area (Å²) in [5, 5.41) is 4.37. The first kappa shape index (κ1) is 23.0. The van der Waals surface area contributed by atoms with Gasteiger partial charge < -0.3 is 24.6 Å². The number of hydrogen-bond donors (Lipinski definition) is 1. The Balaban J connectivity index is 1.32. The third-order valence-corrected chi connectivity index (χ3v) is 6.37. The van der Waals surface area contributed by atoms with Crippen LogP contribution in [0.1, 0.15) is 18.4 Å². The molecule has 2 aromatic heterocycles. The fraction of sp³-hybridized carbons (Fsp3) is 0.385. The van der Waals surface area contributed by atoms with E-state index in [0.29, 0.717) is 6.61 Å². The van der Waals surface area contributed by atoms with Crippen molar-refractivity contribution in [1.29, 1.82) is 0 Å². The minimum atomic E-state index is 0.112. The van der Waals surface area contributed by atoms with E-state index in [0.717, 1.165) is 91.5 Å². The molecule has 1 aromatic carbocycles. The van der Waals surface area contributed by atoms with Gasteiger partial charge in [0, 0.05) is 50.1 Å². The Labute approximate surface area is 204 Å². The highest BCUT2D eigenvalue weighted by atomic mass is 16.5. The van der Waals surface area contributed by atoms with E-state index in [4.69, 9.17) is 9.47 Å². The Morgan fingerprint density at radius 3 is 2.80 bits per heavy atom. The van der Waals surface area contributed by atoms with Crippen molar-refractivity contribution in [3.05, 3.63) is 54.6 Å². The maximum absolute atomic E-state index is 10.6. The number of aldehydes is 1. The number of anilines is 3. The fourth-order valence-corrected chi connectivity index (χ4v) is 4.46. The Morgan fingerprint density at radius 2 is 2.03 bits per heavy atom. The number of allylic oxidation sites excluding steroid dienone is 1. The van der Waals surface area contributed by atoms with Gasteiger partial charge in [-0.05, 0) is 55.7 Å². The van der Waals surface area contributed by atoms with Crippen LogP contribution in [-0.2, 0) is 9.53 Å². The number of nitrogens with one attached hydrogen (secondary N) is 1. The Hall–Kier alpha value is -3.72. The lowest BCUT2D eigenvalue weighted by atomic mass is 10.1. The van der Waals surface area contributed by atoms with Crippen LogP contribution in [0, 0.1) is 6.92 Å². The first-order valence-electron chi connectivity index (χ1n) is 12.0. The number of hydrogen-bond acceptors (Lipinski definition) is 9. The van der Waals surface area contributed by atoms with Crippen LogP contribution in [-0.4, -0.2) is 71.6 Å². The molecule has 0 bridgehead atoms. The molecule has 9 nitrogen and oxygen atoms in total. The van der Waals surface area contributed by atoms with Gasteiger partial charge in [-0.3, -0.25) is 4.79 Å². The van der Waals surface area contributed by atoms with Crippen molar-refractivity contribution < 1.29 is 14.3 Å². The Kier molecular flexibility index (Phi) is 7.04. The zero-order valence-corrected chi connectivity index (χ0v) is 19.9. The standard InChI is InChI=1S/C26H30N6O3/c1-19-14-20(5-6-24(19)35-21-4-2-13-34-17-21)30-26-22-15-25(27-16-23(22)28-18-29-26)32-10-8-31(9-11-32)7-3-12-33/h3,5-7,12,14-16,18,21H,2,4,8-11,13,17H2,1H3,(H,28,29,30)/t21-/m1/s1. The van der Waals surface area contributed by atoms with Gasteiger partial charge in [0.2, 0.25) is 0 Å². The van der Waals surface area contributed by atoms with Gasteiger partial charge in [0.15, 0.2) is 0 Å². The van der Waals surface area contributed by atoms with Gasteiger partial charge in [-0.2, -0.15) is 0 Å². The molecule has 1 atom stereocenters. The molecular formula is C26H30N6O3. The van der Waals surface area contributed by atoms with E-state index < -0.39 is 0 Å². The molecule has 35 heavy (non-hydrogen) atoms. The topological polar surface area (TPSA) is 92.7 Å². The summed E-state index contributed by atoms with van der Waals surface area (Å²) in [5.74, 6) is 2.51. The van der Waals surface area contributed by atoms with Gasteiger partial charge in [-0.1, -0.05) is 0 Å². The first-order valence-corrected chi connectivity index (χ1v) is 12.0. The van der Waals surface area contributed by atoms with Crippen LogP contribution < -0.4 is 15.0 Å². The molecule has 1 N–H and O–H groups in total. The van der Waals surface area contributed by atoms with Crippen molar-refractivity contribution in [2.75, 3.05) is 49.6 Å². The van der Waals surface area contributed by atoms with Crippen LogP contribution in [0.3, 0.4) is 0 Å². The number of pyridine rings is 1. The number of carbonyl (C=O) groups excluding carboxylic acids is 1. The number of piperazine rings is 1. The number of rotatable bonds is 7. The maximum atomic E-state index is 10.6. The average molecular weight is 475 g/mol. The second kappa shape index (κ2) is 10.7. The third kappa shape index (κ3) is 5.51. The molecule has 2 aliphatic heterocycles. The zero-order chi connectivity index (χ0) is 24.0. The molecular weight excluding hydrogens is 444 g/mol. The van der Waals surface area contributed by atoms with Gasteiger partial charge in [-0.25, -0.2) is 15.0 Å². The molecule has 0 aliphatic carbocycles. The number of carbonyl (C=O) groups is 1. The van der Waals surface area contributed by atoms with Gasteiger partial charge in [0.05, 0.1) is 18.3 Å². The lowest BCUT2D eigenvalue weighted by Gasteiger charge is -2.34. The quantitative estimate of drug-likeness (QED) is 0.408. The lowest BCUT2D eigenvalue weighted by molar-refractivity contribution is -0.104. The highest BCUT2D eigenvalue weighted by Crippen LogP contribution is 2.29. The van der Waals surface area contributed by atoms with Crippen molar-refractivity contribution in [3.8, 4) is 5.75 Å². The summed E-state index contributed by atoms with van der Waals surface area (Å²) in [6, 6.07) is 8.12. The van der Waals surface area contributed by atoms with Crippen LogP contribution in [0.15, 0.2) is 49.1 Å². The summed E-state index contributed by atoms with van der Waals surface area (Å²) in [6.45, 7) is 6.83. The predicted molar refractivity (Wildman–Crippen MR) is 135 cm³/mol. The first-order chi connectivity index (χ1) is 17.2. The molecule has 182 valence electrons. The summed E-state index contributed by atoms with van der Waals surface area (Å²) in [5.41, 5.74) is 2.78. The van der Waals surface area contributed by atoms with Crippen molar-refractivity contribution in [3.63, 3.8) is 0 Å².